The lowest BCUT2D eigenvalue weighted by atomic mass is 9.89. The highest BCUT2D eigenvalue weighted by Crippen LogP contribution is 2.50. The summed E-state index contributed by atoms with van der Waals surface area (Å²) in [7, 11) is 0. The molecule has 0 unspecified atom stereocenters. The van der Waals surface area contributed by atoms with Crippen LogP contribution in [0.1, 0.15) is 0 Å². The molecule has 0 radical (unpaired) electrons. The van der Waals surface area contributed by atoms with E-state index in [1.54, 1.807) is 0 Å². The van der Waals surface area contributed by atoms with Crippen LogP contribution in [0.4, 0.5) is 0 Å². The van der Waals surface area contributed by atoms with Gasteiger partial charge >= 0.3 is 0 Å². The first kappa shape index (κ1) is 34.5. The van der Waals surface area contributed by atoms with Crippen LogP contribution in [0.25, 0.3) is 121 Å². The summed E-state index contributed by atoms with van der Waals surface area (Å²) in [5.41, 5.74) is 11.8. The van der Waals surface area contributed by atoms with Gasteiger partial charge in [0, 0.05) is 72.5 Å². The number of para-hydroxylation sites is 2. The summed E-state index contributed by atoms with van der Waals surface area (Å²) >= 11 is 0. The standard InChI is InChI=1S/C57H35N5/c1-3-16-37(17-4-1)54-47(35-59-57(60-54)38-18-5-2-6-19-38)36-29-31-39(32-30-36)61-48-27-13-11-25-45(48)51-53-50(41-21-7-9-23-43(41)55(51)61)42-22-8-10-24-44(42)56-52(53)46-26-12-14-28-49(46)62(56)40-20-15-33-58-34-40/h1-35H. The number of pyridine rings is 1. The molecule has 0 N–H and O–H groups in total. The van der Waals surface area contributed by atoms with E-state index < -0.39 is 0 Å². The van der Waals surface area contributed by atoms with Crippen molar-refractivity contribution in [1.29, 1.82) is 0 Å². The quantitative estimate of drug-likeness (QED) is 0.163. The van der Waals surface area contributed by atoms with Crippen LogP contribution in [0.5, 0.6) is 0 Å². The Bertz CT molecular complexity index is 3890. The van der Waals surface area contributed by atoms with Gasteiger partial charge in [-0.1, -0.05) is 158 Å². The fourth-order valence-electron chi connectivity index (χ4n) is 10.0. The van der Waals surface area contributed by atoms with Crippen LogP contribution in [0, 0.1) is 0 Å². The van der Waals surface area contributed by atoms with Crippen molar-refractivity contribution in [2.24, 2.45) is 0 Å². The molecule has 0 atom stereocenters. The van der Waals surface area contributed by atoms with E-state index in [9.17, 15) is 0 Å². The first-order valence-corrected chi connectivity index (χ1v) is 21.0. The van der Waals surface area contributed by atoms with Crippen molar-refractivity contribution < 1.29 is 0 Å². The van der Waals surface area contributed by atoms with Gasteiger partial charge < -0.3 is 9.13 Å². The van der Waals surface area contributed by atoms with Gasteiger partial charge in [0.15, 0.2) is 5.82 Å². The fraction of sp³-hybridized carbons (Fsp3) is 0. The molecular formula is C57H35N5. The molecule has 4 heterocycles. The predicted octanol–water partition coefficient (Wildman–Crippen LogP) is 14.5. The molecule has 0 aliphatic rings. The number of hydrogen-bond donors (Lipinski definition) is 0. The Morgan fingerprint density at radius 3 is 1.44 bits per heavy atom. The second-order valence-electron chi connectivity index (χ2n) is 15.9. The van der Waals surface area contributed by atoms with Gasteiger partial charge in [-0.2, -0.15) is 0 Å². The minimum atomic E-state index is 0.708. The molecule has 62 heavy (non-hydrogen) atoms. The second-order valence-corrected chi connectivity index (χ2v) is 15.9. The van der Waals surface area contributed by atoms with Crippen LogP contribution in [-0.4, -0.2) is 24.1 Å². The molecule has 13 aromatic rings. The van der Waals surface area contributed by atoms with Crippen molar-refractivity contribution in [3.63, 3.8) is 0 Å². The molecule has 5 heteroatoms. The van der Waals surface area contributed by atoms with Gasteiger partial charge in [0.25, 0.3) is 0 Å². The van der Waals surface area contributed by atoms with E-state index in [2.05, 4.69) is 178 Å². The zero-order valence-electron chi connectivity index (χ0n) is 33.4. The summed E-state index contributed by atoms with van der Waals surface area (Å²) in [6.45, 7) is 0. The Kier molecular flexibility index (Phi) is 7.54. The minimum absolute atomic E-state index is 0.708. The van der Waals surface area contributed by atoms with Crippen molar-refractivity contribution in [3.8, 4) is 45.1 Å². The first-order valence-electron chi connectivity index (χ1n) is 21.0. The van der Waals surface area contributed by atoms with Crippen LogP contribution in [-0.2, 0) is 0 Å². The molecule has 0 aliphatic heterocycles. The van der Waals surface area contributed by atoms with Crippen LogP contribution in [0.15, 0.2) is 213 Å². The lowest BCUT2D eigenvalue weighted by molar-refractivity contribution is 1.15. The van der Waals surface area contributed by atoms with Gasteiger partial charge in [-0.25, -0.2) is 9.97 Å². The molecule has 288 valence electrons. The maximum absolute atomic E-state index is 5.17. The fourth-order valence-corrected chi connectivity index (χ4v) is 10.0. The molecule has 0 amide bonds. The van der Waals surface area contributed by atoms with Crippen molar-refractivity contribution in [1.82, 2.24) is 24.1 Å². The van der Waals surface area contributed by atoms with E-state index in [-0.39, 0.29) is 0 Å². The molecule has 9 aromatic carbocycles. The Hall–Kier alpha value is -8.41. The summed E-state index contributed by atoms with van der Waals surface area (Å²) in [6, 6.07) is 69.4. The van der Waals surface area contributed by atoms with Gasteiger partial charge in [0.05, 0.1) is 39.6 Å². The third-order valence-electron chi connectivity index (χ3n) is 12.6. The lowest BCUT2D eigenvalue weighted by Crippen LogP contribution is -1.98. The van der Waals surface area contributed by atoms with Gasteiger partial charge in [0.2, 0.25) is 0 Å². The summed E-state index contributed by atoms with van der Waals surface area (Å²) in [6.07, 6.45) is 5.80. The number of fused-ring (bicyclic) bond motifs is 15. The SMILES string of the molecule is c1ccc(-c2ncc(-c3ccc(-n4c5ccccc5c5c6c(c7ccccc7c54)c4ccccc4c4c6c5ccccc5n4-c4cccnc4)cc3)c(-c3ccccc3)n2)cc1. The van der Waals surface area contributed by atoms with Crippen molar-refractivity contribution >= 4 is 75.9 Å². The highest BCUT2D eigenvalue weighted by atomic mass is 15.0. The van der Waals surface area contributed by atoms with E-state index in [1.807, 2.05) is 48.9 Å². The highest BCUT2D eigenvalue weighted by molar-refractivity contribution is 6.45. The van der Waals surface area contributed by atoms with Gasteiger partial charge in [-0.15, -0.1) is 0 Å². The molecule has 0 bridgehead atoms. The van der Waals surface area contributed by atoms with Crippen LogP contribution in [0.3, 0.4) is 0 Å². The first-order chi connectivity index (χ1) is 30.8. The largest absolute Gasteiger partial charge is 0.309 e. The van der Waals surface area contributed by atoms with Gasteiger partial charge in [0.1, 0.15) is 0 Å². The Labute approximate surface area is 356 Å². The number of aromatic nitrogens is 5. The van der Waals surface area contributed by atoms with Crippen molar-refractivity contribution in [3.05, 3.63) is 213 Å². The Balaban J connectivity index is 1.13. The molecule has 5 nitrogen and oxygen atoms in total. The van der Waals surface area contributed by atoms with E-state index in [0.29, 0.717) is 5.82 Å². The predicted molar refractivity (Wildman–Crippen MR) is 257 cm³/mol. The van der Waals surface area contributed by atoms with Gasteiger partial charge in [-0.05, 0) is 58.1 Å². The monoisotopic (exact) mass is 789 g/mol. The van der Waals surface area contributed by atoms with E-state index >= 15 is 0 Å². The molecule has 4 aromatic heterocycles. The van der Waals surface area contributed by atoms with Gasteiger partial charge in [-0.3, -0.25) is 4.98 Å². The van der Waals surface area contributed by atoms with Crippen LogP contribution >= 0.6 is 0 Å². The van der Waals surface area contributed by atoms with Crippen molar-refractivity contribution in [2.45, 2.75) is 0 Å². The smallest absolute Gasteiger partial charge is 0.159 e. The number of benzene rings is 9. The average Bonchev–Trinajstić information content (AvgIpc) is 3.89. The number of rotatable bonds is 5. The summed E-state index contributed by atoms with van der Waals surface area (Å²) in [4.78, 5) is 14.7. The van der Waals surface area contributed by atoms with E-state index in [0.717, 1.165) is 50.4 Å². The summed E-state index contributed by atoms with van der Waals surface area (Å²) in [5.74, 6) is 0.708. The molecule has 0 fully saturated rings. The third kappa shape index (κ3) is 4.99. The molecule has 0 saturated heterocycles. The summed E-state index contributed by atoms with van der Waals surface area (Å²) in [5, 5.41) is 12.4. The molecule has 13 rings (SSSR count). The van der Waals surface area contributed by atoms with E-state index in [1.165, 1.54) is 64.9 Å². The second kappa shape index (κ2) is 13.6. The molecule has 0 aliphatic carbocycles. The summed E-state index contributed by atoms with van der Waals surface area (Å²) < 4.78 is 4.89. The van der Waals surface area contributed by atoms with Crippen molar-refractivity contribution in [2.75, 3.05) is 0 Å². The third-order valence-corrected chi connectivity index (χ3v) is 12.6. The van der Waals surface area contributed by atoms with Crippen LogP contribution < -0.4 is 0 Å². The van der Waals surface area contributed by atoms with Crippen LogP contribution in [0.2, 0.25) is 0 Å². The Morgan fingerprint density at radius 1 is 0.339 bits per heavy atom. The average molecular weight is 790 g/mol. The number of nitrogens with zero attached hydrogens (tertiary/aromatic N) is 5. The maximum atomic E-state index is 5.17. The lowest BCUT2D eigenvalue weighted by Gasteiger charge is -2.16. The minimum Gasteiger partial charge on any atom is -0.309 e. The zero-order chi connectivity index (χ0) is 40.7. The van der Waals surface area contributed by atoms with E-state index in [4.69, 9.17) is 9.97 Å². The maximum Gasteiger partial charge on any atom is 0.159 e. The normalized spacial score (nSPS) is 11.9. The number of hydrogen-bond acceptors (Lipinski definition) is 3. The Morgan fingerprint density at radius 2 is 0.855 bits per heavy atom. The highest BCUT2D eigenvalue weighted by Gasteiger charge is 2.26. The topological polar surface area (TPSA) is 48.5 Å². The molecular weight excluding hydrogens is 755 g/mol. The molecule has 0 saturated carbocycles. The molecule has 0 spiro atoms. The zero-order valence-corrected chi connectivity index (χ0v) is 33.4.